The number of aromatic hydroxyl groups is 2. The Kier molecular flexibility index (Phi) is 5.99. The zero-order chi connectivity index (χ0) is 14.3. The number of phenols is 2. The van der Waals surface area contributed by atoms with Gasteiger partial charge in [-0.2, -0.15) is 0 Å². The van der Waals surface area contributed by atoms with Crippen LogP contribution in [0.3, 0.4) is 0 Å². The van der Waals surface area contributed by atoms with Crippen LogP contribution in [0.1, 0.15) is 31.7 Å². The number of unbranched alkanes of at least 4 members (excludes halogenated alkanes) is 1. The third kappa shape index (κ3) is 4.69. The zero-order valence-electron chi connectivity index (χ0n) is 11.3. The minimum Gasteiger partial charge on any atom is -0.508 e. The second kappa shape index (κ2) is 7.51. The number of benzene rings is 1. The van der Waals surface area contributed by atoms with E-state index in [4.69, 9.17) is 9.47 Å². The van der Waals surface area contributed by atoms with E-state index in [1.165, 1.54) is 19.2 Å². The minimum atomic E-state index is -0.292. The average Bonchev–Trinajstić information content (AvgIpc) is 2.38. The molecular formula is C14H20O5. The lowest BCUT2D eigenvalue weighted by molar-refractivity contribution is -0.143. The molecule has 5 heteroatoms. The maximum Gasteiger partial charge on any atom is 0.306 e. The van der Waals surface area contributed by atoms with Crippen LogP contribution in [0, 0.1) is 0 Å². The number of carbonyl (C=O) groups excluding carboxylic acids is 1. The Hall–Kier alpha value is -1.91. The Morgan fingerprint density at radius 1 is 1.26 bits per heavy atom. The van der Waals surface area contributed by atoms with Crippen LogP contribution in [0.4, 0.5) is 0 Å². The standard InChI is InChI=1S/C14H20O5/c1-3-4-7-19-14(17)6-5-10-8-13(18-2)12(16)9-11(10)15/h8-9,15-16H,3-7H2,1-2H3. The first-order valence-corrected chi connectivity index (χ1v) is 6.33. The number of rotatable bonds is 7. The summed E-state index contributed by atoms with van der Waals surface area (Å²) in [6.07, 6.45) is 2.35. The zero-order valence-corrected chi connectivity index (χ0v) is 11.3. The molecule has 2 N–H and O–H groups in total. The van der Waals surface area contributed by atoms with Crippen molar-refractivity contribution in [1.82, 2.24) is 0 Å². The van der Waals surface area contributed by atoms with E-state index in [2.05, 4.69) is 0 Å². The molecule has 0 aliphatic carbocycles. The van der Waals surface area contributed by atoms with Gasteiger partial charge in [0, 0.05) is 12.5 Å². The highest BCUT2D eigenvalue weighted by Gasteiger charge is 2.11. The second-order valence-electron chi connectivity index (χ2n) is 4.23. The predicted molar refractivity (Wildman–Crippen MR) is 70.5 cm³/mol. The van der Waals surface area contributed by atoms with E-state index in [0.29, 0.717) is 18.6 Å². The number of carbonyl (C=O) groups is 1. The lowest BCUT2D eigenvalue weighted by Gasteiger charge is -2.09. The van der Waals surface area contributed by atoms with Crippen molar-refractivity contribution in [2.45, 2.75) is 32.6 Å². The van der Waals surface area contributed by atoms with Crippen LogP contribution in [0.25, 0.3) is 0 Å². The highest BCUT2D eigenvalue weighted by Crippen LogP contribution is 2.33. The maximum absolute atomic E-state index is 11.4. The molecule has 0 saturated carbocycles. The molecule has 0 saturated heterocycles. The van der Waals surface area contributed by atoms with Crippen molar-refractivity contribution in [2.75, 3.05) is 13.7 Å². The van der Waals surface area contributed by atoms with Crippen LogP contribution in [0.5, 0.6) is 17.2 Å². The Balaban J connectivity index is 2.55. The van der Waals surface area contributed by atoms with E-state index < -0.39 is 0 Å². The topological polar surface area (TPSA) is 76.0 Å². The first kappa shape index (κ1) is 15.1. The van der Waals surface area contributed by atoms with E-state index in [1.54, 1.807) is 0 Å². The Morgan fingerprint density at radius 3 is 2.63 bits per heavy atom. The van der Waals surface area contributed by atoms with Gasteiger partial charge in [-0.05, 0) is 24.5 Å². The summed E-state index contributed by atoms with van der Waals surface area (Å²) in [7, 11) is 1.43. The number of hydrogen-bond acceptors (Lipinski definition) is 5. The molecule has 0 aromatic heterocycles. The SMILES string of the molecule is CCCCOC(=O)CCc1cc(OC)c(O)cc1O. The van der Waals surface area contributed by atoms with E-state index >= 15 is 0 Å². The number of ether oxygens (including phenoxy) is 2. The number of phenolic OH excluding ortho intramolecular Hbond substituents is 2. The molecule has 0 unspecified atom stereocenters. The van der Waals surface area contributed by atoms with Crippen molar-refractivity contribution in [3.63, 3.8) is 0 Å². The van der Waals surface area contributed by atoms with Crippen molar-refractivity contribution < 1.29 is 24.5 Å². The van der Waals surface area contributed by atoms with Gasteiger partial charge in [-0.25, -0.2) is 0 Å². The van der Waals surface area contributed by atoms with E-state index in [0.717, 1.165) is 12.8 Å². The number of aryl methyl sites for hydroxylation is 1. The molecule has 1 aromatic rings. The van der Waals surface area contributed by atoms with E-state index in [9.17, 15) is 15.0 Å². The number of methoxy groups -OCH3 is 1. The summed E-state index contributed by atoms with van der Waals surface area (Å²) in [5.41, 5.74) is 0.544. The van der Waals surface area contributed by atoms with E-state index in [1.807, 2.05) is 6.92 Å². The summed E-state index contributed by atoms with van der Waals surface area (Å²) in [5.74, 6) is -0.207. The summed E-state index contributed by atoms with van der Waals surface area (Å²) in [6, 6.07) is 2.72. The van der Waals surface area contributed by atoms with Crippen LogP contribution < -0.4 is 4.74 Å². The number of hydrogen-bond donors (Lipinski definition) is 2. The molecule has 1 rings (SSSR count). The highest BCUT2D eigenvalue weighted by atomic mass is 16.5. The Labute approximate surface area is 112 Å². The minimum absolute atomic E-state index is 0.0559. The monoisotopic (exact) mass is 268 g/mol. The van der Waals surface area contributed by atoms with Crippen molar-refractivity contribution in [1.29, 1.82) is 0 Å². The first-order valence-electron chi connectivity index (χ1n) is 6.33. The van der Waals surface area contributed by atoms with Gasteiger partial charge in [-0.1, -0.05) is 13.3 Å². The van der Waals surface area contributed by atoms with Gasteiger partial charge in [-0.3, -0.25) is 4.79 Å². The van der Waals surface area contributed by atoms with Crippen molar-refractivity contribution >= 4 is 5.97 Å². The third-order valence-corrected chi connectivity index (χ3v) is 2.74. The van der Waals surface area contributed by atoms with Crippen molar-refractivity contribution in [3.8, 4) is 17.2 Å². The fourth-order valence-corrected chi connectivity index (χ4v) is 1.60. The molecule has 0 bridgehead atoms. The van der Waals surface area contributed by atoms with Crippen LogP contribution in [-0.4, -0.2) is 29.9 Å². The molecule has 0 fully saturated rings. The summed E-state index contributed by atoms with van der Waals surface area (Å²) in [6.45, 7) is 2.45. The molecule has 0 aliphatic heterocycles. The van der Waals surface area contributed by atoms with Gasteiger partial charge in [0.25, 0.3) is 0 Å². The van der Waals surface area contributed by atoms with Crippen LogP contribution in [-0.2, 0) is 16.0 Å². The van der Waals surface area contributed by atoms with Gasteiger partial charge in [-0.15, -0.1) is 0 Å². The fraction of sp³-hybridized carbons (Fsp3) is 0.500. The summed E-state index contributed by atoms with van der Waals surface area (Å²) in [5, 5.41) is 19.1. The summed E-state index contributed by atoms with van der Waals surface area (Å²) in [4.78, 5) is 11.4. The lowest BCUT2D eigenvalue weighted by Crippen LogP contribution is -2.07. The van der Waals surface area contributed by atoms with Gasteiger partial charge < -0.3 is 19.7 Å². The molecule has 0 heterocycles. The van der Waals surface area contributed by atoms with Crippen LogP contribution >= 0.6 is 0 Å². The summed E-state index contributed by atoms with van der Waals surface area (Å²) >= 11 is 0. The summed E-state index contributed by atoms with van der Waals surface area (Å²) < 4.78 is 9.97. The highest BCUT2D eigenvalue weighted by molar-refractivity contribution is 5.70. The van der Waals surface area contributed by atoms with Gasteiger partial charge in [0.1, 0.15) is 5.75 Å². The largest absolute Gasteiger partial charge is 0.508 e. The fourth-order valence-electron chi connectivity index (χ4n) is 1.60. The van der Waals surface area contributed by atoms with Gasteiger partial charge in [0.2, 0.25) is 0 Å². The second-order valence-corrected chi connectivity index (χ2v) is 4.23. The average molecular weight is 268 g/mol. The van der Waals surface area contributed by atoms with Crippen molar-refractivity contribution in [3.05, 3.63) is 17.7 Å². The molecule has 0 aliphatic rings. The number of esters is 1. The lowest BCUT2D eigenvalue weighted by atomic mass is 10.1. The van der Waals surface area contributed by atoms with Gasteiger partial charge >= 0.3 is 5.97 Å². The van der Waals surface area contributed by atoms with Crippen LogP contribution in [0.15, 0.2) is 12.1 Å². The quantitative estimate of drug-likeness (QED) is 0.586. The normalized spacial score (nSPS) is 10.2. The predicted octanol–water partition coefficient (Wildman–Crippen LogP) is 2.38. The Bertz CT molecular complexity index is 428. The molecular weight excluding hydrogens is 248 g/mol. The van der Waals surface area contributed by atoms with Crippen LogP contribution in [0.2, 0.25) is 0 Å². The molecule has 0 atom stereocenters. The first-order chi connectivity index (χ1) is 9.08. The molecule has 0 spiro atoms. The molecule has 19 heavy (non-hydrogen) atoms. The van der Waals surface area contributed by atoms with Gasteiger partial charge in [0.05, 0.1) is 13.7 Å². The van der Waals surface area contributed by atoms with Crippen molar-refractivity contribution in [2.24, 2.45) is 0 Å². The van der Waals surface area contributed by atoms with E-state index in [-0.39, 0.29) is 29.6 Å². The smallest absolute Gasteiger partial charge is 0.306 e. The third-order valence-electron chi connectivity index (χ3n) is 2.74. The molecule has 0 radical (unpaired) electrons. The van der Waals surface area contributed by atoms with Gasteiger partial charge in [0.15, 0.2) is 11.5 Å². The molecule has 5 nitrogen and oxygen atoms in total. The molecule has 106 valence electrons. The molecule has 1 aromatic carbocycles. The molecule has 0 amide bonds. The maximum atomic E-state index is 11.4. The Morgan fingerprint density at radius 2 is 2.00 bits per heavy atom.